The second kappa shape index (κ2) is 44.6. The number of aliphatic hydroxyl groups is 1. The molecule has 0 amide bonds. The summed E-state index contributed by atoms with van der Waals surface area (Å²) in [6.07, 6.45) is 48.9. The first-order valence-electron chi connectivity index (χ1n) is 24.7. The normalized spacial score (nSPS) is 14.5. The maximum atomic E-state index is 12.6. The van der Waals surface area contributed by atoms with Gasteiger partial charge in [-0.15, -0.1) is 0 Å². The van der Waals surface area contributed by atoms with Gasteiger partial charge in [0.15, 0.2) is 6.10 Å². The highest BCUT2D eigenvalue weighted by Gasteiger charge is 2.28. The molecule has 13 heteroatoms. The molecule has 366 valence electrons. The molecule has 0 aromatic heterocycles. The molecule has 0 aliphatic heterocycles. The number of carboxylic acid groups (broad SMARTS) is 1. The molecule has 0 saturated carbocycles. The van der Waals surface area contributed by atoms with Gasteiger partial charge >= 0.3 is 25.7 Å². The average molecular weight is 912 g/mol. The number of aliphatic hydroxyl groups excluding tert-OH is 1. The van der Waals surface area contributed by atoms with Crippen molar-refractivity contribution < 1.29 is 52.6 Å². The van der Waals surface area contributed by atoms with Crippen molar-refractivity contribution in [3.63, 3.8) is 0 Å². The fourth-order valence-electron chi connectivity index (χ4n) is 6.72. The number of phosphoric ester groups is 1. The molecule has 0 aliphatic rings. The van der Waals surface area contributed by atoms with E-state index in [1.165, 1.54) is 109 Å². The molecule has 0 aliphatic carbocycles. The number of phosphoric acid groups is 1. The summed E-state index contributed by atoms with van der Waals surface area (Å²) in [6, 6.07) is -1.54. The number of hydrogen-bond acceptors (Lipinski definition) is 10. The Kier molecular flexibility index (Phi) is 42.8. The lowest BCUT2D eigenvalue weighted by Crippen LogP contribution is -2.34. The van der Waals surface area contributed by atoms with E-state index in [2.05, 4.69) is 47.9 Å². The lowest BCUT2D eigenvalue weighted by Gasteiger charge is -2.20. The van der Waals surface area contributed by atoms with Gasteiger partial charge in [0.05, 0.1) is 19.3 Å². The van der Waals surface area contributed by atoms with Crippen LogP contribution in [0.15, 0.2) is 48.6 Å². The molecule has 0 fully saturated rings. The van der Waals surface area contributed by atoms with Crippen LogP contribution in [0.25, 0.3) is 0 Å². The van der Waals surface area contributed by atoms with Crippen LogP contribution in [0.1, 0.15) is 213 Å². The Morgan fingerprint density at radius 1 is 0.556 bits per heavy atom. The lowest BCUT2D eigenvalue weighted by atomic mass is 10.0. The van der Waals surface area contributed by atoms with Gasteiger partial charge in [0.1, 0.15) is 12.6 Å². The summed E-state index contributed by atoms with van der Waals surface area (Å²) in [5.41, 5.74) is 5.34. The molecule has 0 spiro atoms. The second-order valence-electron chi connectivity index (χ2n) is 16.9. The minimum Gasteiger partial charge on any atom is -0.480 e. The summed E-state index contributed by atoms with van der Waals surface area (Å²) >= 11 is 0. The Morgan fingerprint density at radius 2 is 0.952 bits per heavy atom. The Hall–Kier alpha value is -2.60. The molecular weight excluding hydrogens is 822 g/mol. The van der Waals surface area contributed by atoms with Crippen LogP contribution in [0.4, 0.5) is 0 Å². The Balaban J connectivity index is 4.32. The molecule has 0 aromatic rings. The van der Waals surface area contributed by atoms with Crippen LogP contribution in [0.2, 0.25) is 0 Å². The summed E-state index contributed by atoms with van der Waals surface area (Å²) in [5.74, 6) is -2.46. The number of carbonyl (C=O) groups excluding carboxylic acids is 2. The SMILES string of the molecule is CCCCCCCCCCCCCCCCCCCCCCCC(=O)OC[C@H](COP(=O)(O)OC[C@H](N)C(=O)O)OC(=O)CCC/C=C\C/C=C\C/C=C\C/C=C\CCC[C@H](C)O. The molecule has 5 N–H and O–H groups in total. The van der Waals surface area contributed by atoms with Gasteiger partial charge in [0.25, 0.3) is 0 Å². The summed E-state index contributed by atoms with van der Waals surface area (Å²) < 4.78 is 32.7. The van der Waals surface area contributed by atoms with Crippen molar-refractivity contribution in [2.75, 3.05) is 19.8 Å². The van der Waals surface area contributed by atoms with E-state index in [9.17, 15) is 28.9 Å². The van der Waals surface area contributed by atoms with E-state index < -0.39 is 51.1 Å². The smallest absolute Gasteiger partial charge is 0.472 e. The molecule has 1 unspecified atom stereocenters. The van der Waals surface area contributed by atoms with Crippen LogP contribution in [0.3, 0.4) is 0 Å². The van der Waals surface area contributed by atoms with Gasteiger partial charge in [-0.25, -0.2) is 4.57 Å². The fraction of sp³-hybridized carbons (Fsp3) is 0.780. The lowest BCUT2D eigenvalue weighted by molar-refractivity contribution is -0.161. The van der Waals surface area contributed by atoms with Gasteiger partial charge in [-0.05, 0) is 64.7 Å². The molecule has 0 aromatic carbocycles. The topological polar surface area (TPSA) is 192 Å². The number of carboxylic acids is 1. The largest absolute Gasteiger partial charge is 0.480 e. The minimum atomic E-state index is -4.74. The maximum absolute atomic E-state index is 12.6. The van der Waals surface area contributed by atoms with E-state index in [4.69, 9.17) is 24.8 Å². The standard InChI is InChI=1S/C50H90NO11P/c1-3-4-5-6-7-8-9-10-11-12-13-14-15-16-19-22-25-28-31-34-37-40-48(53)59-42-46(43-60-63(57,58)61-44-47(51)50(55)56)62-49(54)41-38-35-32-29-26-23-20-17-18-21-24-27-30-33-36-39-45(2)52/h18,20-21,23,27,29-30,32,45-47,52H,3-17,19,22,24-26,28,31,33-44,51H2,1-2H3,(H,55,56)(H,57,58)/b21-18-,23-20-,30-27-,32-29-/t45-,46+,47-/m0/s1. The summed E-state index contributed by atoms with van der Waals surface area (Å²) in [5, 5.41) is 18.2. The Labute approximate surface area is 382 Å². The van der Waals surface area contributed by atoms with Crippen LogP contribution >= 0.6 is 7.82 Å². The number of carbonyl (C=O) groups is 3. The molecule has 0 heterocycles. The van der Waals surface area contributed by atoms with E-state index >= 15 is 0 Å². The maximum Gasteiger partial charge on any atom is 0.472 e. The van der Waals surface area contributed by atoms with Crippen LogP contribution in [-0.2, 0) is 37.5 Å². The first-order chi connectivity index (χ1) is 30.5. The van der Waals surface area contributed by atoms with Crippen molar-refractivity contribution in [1.82, 2.24) is 0 Å². The molecule has 4 atom stereocenters. The third-order valence-electron chi connectivity index (χ3n) is 10.6. The monoisotopic (exact) mass is 912 g/mol. The van der Waals surface area contributed by atoms with Crippen molar-refractivity contribution >= 4 is 25.7 Å². The van der Waals surface area contributed by atoms with Crippen molar-refractivity contribution in [2.24, 2.45) is 5.73 Å². The highest BCUT2D eigenvalue weighted by atomic mass is 31.2. The first-order valence-corrected chi connectivity index (χ1v) is 26.2. The fourth-order valence-corrected chi connectivity index (χ4v) is 7.50. The number of aliphatic carboxylic acids is 1. The van der Waals surface area contributed by atoms with E-state index in [1.54, 1.807) is 0 Å². The van der Waals surface area contributed by atoms with Crippen molar-refractivity contribution in [3.8, 4) is 0 Å². The van der Waals surface area contributed by atoms with E-state index in [1.807, 2.05) is 19.1 Å². The average Bonchev–Trinajstić information content (AvgIpc) is 3.25. The molecule has 0 rings (SSSR count). The third kappa shape index (κ3) is 45.8. The van der Waals surface area contributed by atoms with Crippen molar-refractivity contribution in [2.45, 2.75) is 231 Å². The predicted molar refractivity (Wildman–Crippen MR) is 255 cm³/mol. The van der Waals surface area contributed by atoms with Crippen LogP contribution in [0, 0.1) is 0 Å². The van der Waals surface area contributed by atoms with Crippen molar-refractivity contribution in [3.05, 3.63) is 48.6 Å². The first kappa shape index (κ1) is 60.4. The molecule has 63 heavy (non-hydrogen) atoms. The van der Waals surface area contributed by atoms with Crippen LogP contribution in [-0.4, -0.2) is 71.1 Å². The Bertz CT molecular complexity index is 1270. The van der Waals surface area contributed by atoms with Gasteiger partial charge < -0.3 is 30.3 Å². The minimum absolute atomic E-state index is 0.0740. The second-order valence-corrected chi connectivity index (χ2v) is 18.3. The molecule has 0 radical (unpaired) electrons. The number of rotatable bonds is 46. The van der Waals surface area contributed by atoms with E-state index in [-0.39, 0.29) is 25.6 Å². The Morgan fingerprint density at radius 3 is 1.40 bits per heavy atom. The summed E-state index contributed by atoms with van der Waals surface area (Å²) in [4.78, 5) is 46.1. The zero-order chi connectivity index (χ0) is 46.5. The number of esters is 2. The third-order valence-corrected chi connectivity index (χ3v) is 11.5. The van der Waals surface area contributed by atoms with Crippen molar-refractivity contribution in [1.29, 1.82) is 0 Å². The number of allylic oxidation sites excluding steroid dienone is 8. The van der Waals surface area contributed by atoms with Gasteiger partial charge in [-0.2, -0.15) is 0 Å². The molecule has 0 bridgehead atoms. The number of nitrogens with two attached hydrogens (primary N) is 1. The number of unbranched alkanes of at least 4 members (excludes halogenated alkanes) is 22. The van der Waals surface area contributed by atoms with Gasteiger partial charge in [0, 0.05) is 12.8 Å². The molecule has 12 nitrogen and oxygen atoms in total. The predicted octanol–water partition coefficient (Wildman–Crippen LogP) is 12.7. The summed E-state index contributed by atoms with van der Waals surface area (Å²) in [6.45, 7) is 2.32. The number of ether oxygens (including phenoxy) is 2. The highest BCUT2D eigenvalue weighted by Crippen LogP contribution is 2.43. The number of hydrogen-bond donors (Lipinski definition) is 4. The highest BCUT2D eigenvalue weighted by molar-refractivity contribution is 7.47. The van der Waals surface area contributed by atoms with Crippen LogP contribution in [0.5, 0.6) is 0 Å². The van der Waals surface area contributed by atoms with Gasteiger partial charge in [0.2, 0.25) is 0 Å². The molecule has 0 saturated heterocycles. The molecular formula is C50H90NO11P. The summed E-state index contributed by atoms with van der Waals surface area (Å²) in [7, 11) is -4.74. The van der Waals surface area contributed by atoms with E-state index in [0.29, 0.717) is 19.3 Å². The quantitative estimate of drug-likeness (QED) is 0.0196. The van der Waals surface area contributed by atoms with E-state index in [0.717, 1.165) is 57.8 Å². The van der Waals surface area contributed by atoms with Crippen LogP contribution < -0.4 is 5.73 Å². The zero-order valence-electron chi connectivity index (χ0n) is 39.5. The van der Waals surface area contributed by atoms with Gasteiger partial charge in [-0.1, -0.05) is 184 Å². The van der Waals surface area contributed by atoms with Gasteiger partial charge in [-0.3, -0.25) is 23.4 Å². The zero-order valence-corrected chi connectivity index (χ0v) is 40.4.